The summed E-state index contributed by atoms with van der Waals surface area (Å²) in [5.74, 6) is 0.0634. The van der Waals surface area contributed by atoms with Gasteiger partial charge in [-0.25, -0.2) is 0 Å². The second kappa shape index (κ2) is 5.66. The third-order valence-corrected chi connectivity index (χ3v) is 4.95. The fraction of sp³-hybridized carbons (Fsp3) is 0.588. The highest BCUT2D eigenvalue weighted by Crippen LogP contribution is 2.45. The Hall–Kier alpha value is -0.580. The first-order chi connectivity index (χ1) is 9.19. The Balaban J connectivity index is 2.10. The van der Waals surface area contributed by atoms with Crippen LogP contribution in [0.5, 0.6) is 0 Å². The highest BCUT2D eigenvalue weighted by atomic mass is 127. The second-order valence-electron chi connectivity index (χ2n) is 7.56. The highest BCUT2D eigenvalue weighted by molar-refractivity contribution is 14.1. The Kier molecular flexibility index (Phi) is 4.47. The molecule has 1 saturated carbocycles. The van der Waals surface area contributed by atoms with Crippen molar-refractivity contribution in [2.24, 2.45) is 10.8 Å². The molecule has 1 aromatic rings. The molecule has 0 radical (unpaired) electrons. The van der Waals surface area contributed by atoms with Crippen molar-refractivity contribution in [3.8, 4) is 0 Å². The van der Waals surface area contributed by atoms with Gasteiger partial charge in [-0.3, -0.25) is 4.79 Å². The van der Waals surface area contributed by atoms with Crippen LogP contribution in [0, 0.1) is 14.4 Å². The number of carbonyl (C=O) groups is 1. The van der Waals surface area contributed by atoms with Crippen LogP contribution < -0.4 is 5.32 Å². The van der Waals surface area contributed by atoms with Crippen molar-refractivity contribution in [2.75, 3.05) is 0 Å². The monoisotopic (exact) mass is 385 g/mol. The lowest BCUT2D eigenvalue weighted by atomic mass is 9.63. The summed E-state index contributed by atoms with van der Waals surface area (Å²) >= 11 is 2.22. The fourth-order valence-corrected chi connectivity index (χ4v) is 4.49. The molecule has 0 aromatic heterocycles. The van der Waals surface area contributed by atoms with E-state index in [-0.39, 0.29) is 11.9 Å². The lowest BCUT2D eigenvalue weighted by Crippen LogP contribution is -2.46. The molecule has 110 valence electrons. The van der Waals surface area contributed by atoms with Crippen LogP contribution >= 0.6 is 22.6 Å². The second-order valence-corrected chi connectivity index (χ2v) is 8.73. The first-order valence-corrected chi connectivity index (χ1v) is 8.32. The molecule has 0 heterocycles. The molecule has 0 spiro atoms. The Morgan fingerprint density at radius 3 is 2.25 bits per heavy atom. The smallest absolute Gasteiger partial charge is 0.252 e. The van der Waals surface area contributed by atoms with E-state index in [1.54, 1.807) is 0 Å². The van der Waals surface area contributed by atoms with Gasteiger partial charge < -0.3 is 5.32 Å². The normalized spacial score (nSPS) is 21.4. The van der Waals surface area contributed by atoms with Gasteiger partial charge in [-0.1, -0.05) is 39.8 Å². The molecule has 1 aliphatic carbocycles. The van der Waals surface area contributed by atoms with E-state index in [0.717, 1.165) is 22.0 Å². The summed E-state index contributed by atoms with van der Waals surface area (Å²) in [6.07, 6.45) is 3.34. The van der Waals surface area contributed by atoms with Crippen molar-refractivity contribution < 1.29 is 4.79 Å². The predicted octanol–water partition coefficient (Wildman–Crippen LogP) is 4.63. The number of hydrogen-bond acceptors (Lipinski definition) is 1. The number of carbonyl (C=O) groups excluding carboxylic acids is 1. The summed E-state index contributed by atoms with van der Waals surface area (Å²) in [7, 11) is 0. The molecule has 1 fully saturated rings. The van der Waals surface area contributed by atoms with Crippen LogP contribution in [-0.2, 0) is 0 Å². The van der Waals surface area contributed by atoms with Crippen molar-refractivity contribution in [3.63, 3.8) is 0 Å². The van der Waals surface area contributed by atoms with Gasteiger partial charge in [0.2, 0.25) is 0 Å². The average molecular weight is 385 g/mol. The van der Waals surface area contributed by atoms with E-state index in [9.17, 15) is 4.79 Å². The molecule has 0 aliphatic heterocycles. The van der Waals surface area contributed by atoms with E-state index in [1.165, 1.54) is 6.42 Å². The van der Waals surface area contributed by atoms with Crippen LogP contribution in [-0.4, -0.2) is 11.9 Å². The molecule has 1 aliphatic rings. The molecule has 0 bridgehead atoms. The van der Waals surface area contributed by atoms with Gasteiger partial charge in [-0.2, -0.15) is 0 Å². The van der Waals surface area contributed by atoms with E-state index in [4.69, 9.17) is 0 Å². The van der Waals surface area contributed by atoms with Gasteiger partial charge in [0.1, 0.15) is 0 Å². The minimum absolute atomic E-state index is 0.0634. The molecule has 20 heavy (non-hydrogen) atoms. The Labute approximate surface area is 135 Å². The van der Waals surface area contributed by atoms with E-state index in [1.807, 2.05) is 24.3 Å². The lowest BCUT2D eigenvalue weighted by Gasteiger charge is -2.45. The minimum Gasteiger partial charge on any atom is -0.349 e. The number of nitrogens with one attached hydrogen (secondary N) is 1. The van der Waals surface area contributed by atoms with E-state index < -0.39 is 0 Å². The van der Waals surface area contributed by atoms with E-state index in [2.05, 4.69) is 55.6 Å². The van der Waals surface area contributed by atoms with Crippen LogP contribution in [0.3, 0.4) is 0 Å². The molecule has 2 rings (SSSR count). The zero-order valence-corrected chi connectivity index (χ0v) is 15.0. The van der Waals surface area contributed by atoms with Crippen LogP contribution in [0.4, 0.5) is 0 Å². The summed E-state index contributed by atoms with van der Waals surface area (Å²) in [6, 6.07) is 8.04. The molecular formula is C17H24INO. The Morgan fingerprint density at radius 1 is 1.15 bits per heavy atom. The van der Waals surface area contributed by atoms with Crippen LogP contribution in [0.1, 0.15) is 57.3 Å². The zero-order chi connectivity index (χ0) is 15.0. The van der Waals surface area contributed by atoms with Crippen molar-refractivity contribution in [3.05, 3.63) is 33.4 Å². The molecule has 0 unspecified atom stereocenters. The summed E-state index contributed by atoms with van der Waals surface area (Å²) < 4.78 is 1.01. The average Bonchev–Trinajstić information content (AvgIpc) is 2.24. The minimum atomic E-state index is 0.0634. The summed E-state index contributed by atoms with van der Waals surface area (Å²) in [6.45, 7) is 9.22. The van der Waals surface area contributed by atoms with Crippen molar-refractivity contribution in [1.29, 1.82) is 0 Å². The first kappa shape index (κ1) is 15.8. The van der Waals surface area contributed by atoms with Crippen molar-refractivity contribution in [1.82, 2.24) is 5.32 Å². The third-order valence-electron chi connectivity index (χ3n) is 4.01. The fourth-order valence-electron chi connectivity index (χ4n) is 3.86. The molecule has 2 nitrogen and oxygen atoms in total. The predicted molar refractivity (Wildman–Crippen MR) is 91.8 cm³/mol. The van der Waals surface area contributed by atoms with E-state index in [0.29, 0.717) is 10.8 Å². The summed E-state index contributed by atoms with van der Waals surface area (Å²) in [5, 5.41) is 3.24. The van der Waals surface area contributed by atoms with Gasteiger partial charge in [0.15, 0.2) is 0 Å². The standard InChI is InChI=1S/C17H24INO/c1-16(2)9-12(10-17(3,4)11-16)19-15(20)13-7-5-6-8-14(13)18/h5-8,12H,9-11H2,1-4H3,(H,19,20). The van der Waals surface area contributed by atoms with Gasteiger partial charge in [0.25, 0.3) is 5.91 Å². The molecule has 1 amide bonds. The molecule has 0 saturated heterocycles. The van der Waals surface area contributed by atoms with E-state index >= 15 is 0 Å². The van der Waals surface area contributed by atoms with Gasteiger partial charge in [-0.15, -0.1) is 0 Å². The number of hydrogen-bond donors (Lipinski definition) is 1. The van der Waals surface area contributed by atoms with Crippen molar-refractivity contribution in [2.45, 2.75) is 53.0 Å². The zero-order valence-electron chi connectivity index (χ0n) is 12.8. The third kappa shape index (κ3) is 3.96. The van der Waals surface area contributed by atoms with Crippen molar-refractivity contribution >= 4 is 28.5 Å². The molecule has 1 aromatic carbocycles. The van der Waals surface area contributed by atoms with Crippen LogP contribution in [0.15, 0.2) is 24.3 Å². The maximum atomic E-state index is 12.4. The number of halogens is 1. The Morgan fingerprint density at radius 2 is 1.70 bits per heavy atom. The number of amides is 1. The number of benzene rings is 1. The van der Waals surface area contributed by atoms with Crippen LogP contribution in [0.2, 0.25) is 0 Å². The maximum absolute atomic E-state index is 12.4. The Bertz CT molecular complexity index is 491. The topological polar surface area (TPSA) is 29.1 Å². The lowest BCUT2D eigenvalue weighted by molar-refractivity contribution is 0.0713. The first-order valence-electron chi connectivity index (χ1n) is 7.24. The highest BCUT2D eigenvalue weighted by Gasteiger charge is 2.38. The largest absolute Gasteiger partial charge is 0.349 e. The van der Waals surface area contributed by atoms with Gasteiger partial charge in [-0.05, 0) is 64.8 Å². The molecule has 0 atom stereocenters. The van der Waals surface area contributed by atoms with Gasteiger partial charge >= 0.3 is 0 Å². The summed E-state index contributed by atoms with van der Waals surface area (Å²) in [5.41, 5.74) is 1.38. The van der Waals surface area contributed by atoms with Crippen LogP contribution in [0.25, 0.3) is 0 Å². The molecular weight excluding hydrogens is 361 g/mol. The SMILES string of the molecule is CC1(C)CC(NC(=O)c2ccccc2I)CC(C)(C)C1. The van der Waals surface area contributed by atoms with Gasteiger partial charge in [0.05, 0.1) is 5.56 Å². The number of rotatable bonds is 2. The maximum Gasteiger partial charge on any atom is 0.252 e. The molecule has 3 heteroatoms. The summed E-state index contributed by atoms with van der Waals surface area (Å²) in [4.78, 5) is 12.4. The van der Waals surface area contributed by atoms with Gasteiger partial charge in [0, 0.05) is 9.61 Å². The quantitative estimate of drug-likeness (QED) is 0.740. The molecule has 1 N–H and O–H groups in total.